The monoisotopic (exact) mass is 354 g/mol. The van der Waals surface area contributed by atoms with E-state index in [1.807, 2.05) is 30.0 Å². The quantitative estimate of drug-likeness (QED) is 0.853. The van der Waals surface area contributed by atoms with E-state index < -0.39 is 0 Å². The molecule has 0 spiro atoms. The number of nitrogens with zero attached hydrogens (tertiary/aromatic N) is 1. The molecule has 1 heterocycles. The van der Waals surface area contributed by atoms with Crippen LogP contribution < -0.4 is 5.32 Å². The molecule has 0 radical (unpaired) electrons. The minimum absolute atomic E-state index is 0.0708. The van der Waals surface area contributed by atoms with Crippen LogP contribution in [0, 0.1) is 6.92 Å². The van der Waals surface area contributed by atoms with Crippen molar-refractivity contribution >= 4 is 21.8 Å². The summed E-state index contributed by atoms with van der Waals surface area (Å²) < 4.78 is 6.11. The van der Waals surface area contributed by atoms with E-state index in [0.717, 1.165) is 35.1 Å². The largest absolute Gasteiger partial charge is 0.383 e. The second kappa shape index (κ2) is 7.92. The predicted molar refractivity (Wildman–Crippen MR) is 87.7 cm³/mol. The van der Waals surface area contributed by atoms with Gasteiger partial charge in [-0.05, 0) is 44.0 Å². The molecule has 0 aromatic heterocycles. The summed E-state index contributed by atoms with van der Waals surface area (Å²) in [5.41, 5.74) is 1.86. The van der Waals surface area contributed by atoms with Gasteiger partial charge >= 0.3 is 0 Å². The Kier molecular flexibility index (Phi) is 6.21. The van der Waals surface area contributed by atoms with Gasteiger partial charge in [-0.2, -0.15) is 0 Å². The fraction of sp³-hybridized carbons (Fsp3) is 0.562. The first-order valence-electron chi connectivity index (χ1n) is 7.39. The molecule has 1 fully saturated rings. The van der Waals surface area contributed by atoms with E-state index in [1.165, 1.54) is 6.42 Å². The van der Waals surface area contributed by atoms with Gasteiger partial charge in [0, 0.05) is 36.3 Å². The highest BCUT2D eigenvalue weighted by Crippen LogP contribution is 2.19. The molecule has 1 N–H and O–H groups in total. The lowest BCUT2D eigenvalue weighted by Gasteiger charge is -2.26. The average molecular weight is 355 g/mol. The molecule has 1 aliphatic rings. The summed E-state index contributed by atoms with van der Waals surface area (Å²) in [5.74, 6) is 0.0708. The van der Waals surface area contributed by atoms with Crippen molar-refractivity contribution in [3.05, 3.63) is 33.8 Å². The molecule has 116 valence electrons. The van der Waals surface area contributed by atoms with Gasteiger partial charge in [0.2, 0.25) is 0 Å². The van der Waals surface area contributed by atoms with Crippen molar-refractivity contribution in [2.45, 2.75) is 25.8 Å². The molecule has 1 amide bonds. The van der Waals surface area contributed by atoms with Gasteiger partial charge in [-0.15, -0.1) is 0 Å². The summed E-state index contributed by atoms with van der Waals surface area (Å²) in [6.07, 6.45) is 2.32. The highest BCUT2D eigenvalue weighted by atomic mass is 79.9. The topological polar surface area (TPSA) is 41.6 Å². The molecular weight excluding hydrogens is 332 g/mol. The van der Waals surface area contributed by atoms with Crippen molar-refractivity contribution in [2.75, 3.05) is 33.4 Å². The summed E-state index contributed by atoms with van der Waals surface area (Å²) in [6, 6.07) is 6.17. The van der Waals surface area contributed by atoms with Crippen LogP contribution in [-0.2, 0) is 4.74 Å². The normalized spacial score (nSPS) is 18.0. The van der Waals surface area contributed by atoms with Crippen molar-refractivity contribution in [3.63, 3.8) is 0 Å². The number of hydrogen-bond acceptors (Lipinski definition) is 3. The van der Waals surface area contributed by atoms with Crippen molar-refractivity contribution in [2.24, 2.45) is 0 Å². The maximum absolute atomic E-state index is 12.7. The number of benzene rings is 1. The van der Waals surface area contributed by atoms with Gasteiger partial charge in [0.05, 0.1) is 6.61 Å². The van der Waals surface area contributed by atoms with Crippen LogP contribution in [0.15, 0.2) is 22.7 Å². The molecular formula is C16H23BrN2O2. The number of hydrogen-bond donors (Lipinski definition) is 1. The molecule has 5 heteroatoms. The van der Waals surface area contributed by atoms with Crippen LogP contribution in [0.5, 0.6) is 0 Å². The first kappa shape index (κ1) is 16.5. The van der Waals surface area contributed by atoms with Gasteiger partial charge in [-0.1, -0.05) is 22.0 Å². The Morgan fingerprint density at radius 1 is 1.52 bits per heavy atom. The van der Waals surface area contributed by atoms with Crippen molar-refractivity contribution in [1.29, 1.82) is 0 Å². The number of rotatable bonds is 6. The van der Waals surface area contributed by atoms with Gasteiger partial charge in [-0.25, -0.2) is 0 Å². The molecule has 0 saturated carbocycles. The zero-order chi connectivity index (χ0) is 15.2. The number of nitrogens with one attached hydrogen (secondary N) is 1. The maximum Gasteiger partial charge on any atom is 0.254 e. The standard InChI is InChI=1S/C16H23BrN2O2/c1-12-5-6-13(10-15(12)17)16(20)19(8-9-21-2)11-14-4-3-7-18-14/h5-6,10,14,18H,3-4,7-9,11H2,1-2H3. The average Bonchev–Trinajstić information content (AvgIpc) is 2.98. The maximum atomic E-state index is 12.7. The van der Waals surface area contributed by atoms with Crippen LogP contribution in [0.3, 0.4) is 0 Å². The fourth-order valence-corrected chi connectivity index (χ4v) is 2.94. The molecule has 1 unspecified atom stereocenters. The van der Waals surface area contributed by atoms with E-state index in [-0.39, 0.29) is 5.91 Å². The molecule has 21 heavy (non-hydrogen) atoms. The molecule has 1 atom stereocenters. The van der Waals surface area contributed by atoms with E-state index in [0.29, 0.717) is 19.2 Å². The number of methoxy groups -OCH3 is 1. The van der Waals surface area contributed by atoms with E-state index in [9.17, 15) is 4.79 Å². The fourth-order valence-electron chi connectivity index (χ4n) is 2.56. The second-order valence-corrected chi connectivity index (χ2v) is 6.36. The first-order valence-corrected chi connectivity index (χ1v) is 8.19. The van der Waals surface area contributed by atoms with Crippen LogP contribution in [0.2, 0.25) is 0 Å². The number of ether oxygens (including phenoxy) is 1. The molecule has 1 saturated heterocycles. The lowest BCUT2D eigenvalue weighted by Crippen LogP contribution is -2.42. The Morgan fingerprint density at radius 3 is 2.95 bits per heavy atom. The van der Waals surface area contributed by atoms with Crippen LogP contribution in [0.25, 0.3) is 0 Å². The van der Waals surface area contributed by atoms with Gasteiger partial charge in [0.25, 0.3) is 5.91 Å². The Morgan fingerprint density at radius 2 is 2.33 bits per heavy atom. The minimum Gasteiger partial charge on any atom is -0.383 e. The first-order chi connectivity index (χ1) is 10.1. The zero-order valence-electron chi connectivity index (χ0n) is 12.7. The SMILES string of the molecule is COCCN(CC1CCCN1)C(=O)c1ccc(C)c(Br)c1. The van der Waals surface area contributed by atoms with Crippen molar-refractivity contribution in [1.82, 2.24) is 10.2 Å². The third kappa shape index (κ3) is 4.53. The van der Waals surface area contributed by atoms with E-state index >= 15 is 0 Å². The Balaban J connectivity index is 2.09. The predicted octanol–water partition coefficient (Wildman–Crippen LogP) is 2.60. The number of amides is 1. The Hall–Kier alpha value is -0.910. The summed E-state index contributed by atoms with van der Waals surface area (Å²) in [6.45, 7) is 4.99. The van der Waals surface area contributed by atoms with Crippen LogP contribution in [0.4, 0.5) is 0 Å². The smallest absolute Gasteiger partial charge is 0.254 e. The van der Waals surface area contributed by atoms with Gasteiger partial charge in [0.15, 0.2) is 0 Å². The molecule has 0 aliphatic carbocycles. The lowest BCUT2D eigenvalue weighted by molar-refractivity contribution is 0.0679. The summed E-state index contributed by atoms with van der Waals surface area (Å²) in [7, 11) is 1.67. The van der Waals surface area contributed by atoms with E-state index in [1.54, 1.807) is 7.11 Å². The third-order valence-corrected chi connectivity index (χ3v) is 4.73. The second-order valence-electron chi connectivity index (χ2n) is 5.50. The zero-order valence-corrected chi connectivity index (χ0v) is 14.3. The number of halogens is 1. The van der Waals surface area contributed by atoms with Crippen LogP contribution in [0.1, 0.15) is 28.8 Å². The number of carbonyl (C=O) groups excluding carboxylic acids is 1. The molecule has 1 aromatic carbocycles. The lowest BCUT2D eigenvalue weighted by atomic mass is 10.1. The highest BCUT2D eigenvalue weighted by Gasteiger charge is 2.22. The Labute approximate surface area is 135 Å². The molecule has 0 bridgehead atoms. The summed E-state index contributed by atoms with van der Waals surface area (Å²) in [4.78, 5) is 14.6. The minimum atomic E-state index is 0.0708. The molecule has 4 nitrogen and oxygen atoms in total. The van der Waals surface area contributed by atoms with E-state index in [2.05, 4.69) is 21.2 Å². The van der Waals surface area contributed by atoms with Crippen molar-refractivity contribution in [3.8, 4) is 0 Å². The number of aryl methyl sites for hydroxylation is 1. The summed E-state index contributed by atoms with van der Waals surface area (Å²) >= 11 is 3.50. The van der Waals surface area contributed by atoms with Crippen molar-refractivity contribution < 1.29 is 9.53 Å². The van der Waals surface area contributed by atoms with Gasteiger partial charge in [0.1, 0.15) is 0 Å². The van der Waals surface area contributed by atoms with E-state index in [4.69, 9.17) is 4.74 Å². The van der Waals surface area contributed by atoms with Crippen LogP contribution >= 0.6 is 15.9 Å². The third-order valence-electron chi connectivity index (χ3n) is 3.87. The molecule has 1 aliphatic heterocycles. The highest BCUT2D eigenvalue weighted by molar-refractivity contribution is 9.10. The van der Waals surface area contributed by atoms with Crippen LogP contribution in [-0.4, -0.2) is 50.2 Å². The molecule has 1 aromatic rings. The van der Waals surface area contributed by atoms with Gasteiger partial charge < -0.3 is 15.0 Å². The van der Waals surface area contributed by atoms with Gasteiger partial charge in [-0.3, -0.25) is 4.79 Å². The Bertz CT molecular complexity index is 487. The number of carbonyl (C=O) groups is 1. The molecule has 2 rings (SSSR count). The summed E-state index contributed by atoms with van der Waals surface area (Å²) in [5, 5.41) is 3.45.